The van der Waals surface area contributed by atoms with Gasteiger partial charge in [0.25, 0.3) is 0 Å². The molecule has 0 aliphatic heterocycles. The van der Waals surface area contributed by atoms with Gasteiger partial charge in [-0.3, -0.25) is 9.78 Å². The summed E-state index contributed by atoms with van der Waals surface area (Å²) >= 11 is 0. The molecule has 0 unspecified atom stereocenters. The van der Waals surface area contributed by atoms with Crippen molar-refractivity contribution in [1.29, 1.82) is 0 Å². The van der Waals surface area contributed by atoms with Crippen molar-refractivity contribution in [2.75, 3.05) is 7.11 Å². The molecular weight excluding hydrogens is 214 g/mol. The van der Waals surface area contributed by atoms with Crippen molar-refractivity contribution < 1.29 is 9.53 Å². The Morgan fingerprint density at radius 3 is 2.76 bits per heavy atom. The molecule has 1 aromatic heterocycles. The van der Waals surface area contributed by atoms with Crippen molar-refractivity contribution in [2.45, 2.75) is 6.42 Å². The number of aromatic nitrogens is 1. The van der Waals surface area contributed by atoms with E-state index in [1.807, 2.05) is 36.4 Å². The summed E-state index contributed by atoms with van der Waals surface area (Å²) < 4.78 is 4.65. The van der Waals surface area contributed by atoms with Crippen LogP contribution in [0.5, 0.6) is 0 Å². The topological polar surface area (TPSA) is 39.2 Å². The maximum Gasteiger partial charge on any atom is 0.309 e. The Morgan fingerprint density at radius 1 is 1.24 bits per heavy atom. The summed E-state index contributed by atoms with van der Waals surface area (Å²) in [5.74, 6) is -0.228. The van der Waals surface area contributed by atoms with E-state index in [4.69, 9.17) is 0 Å². The number of carbonyl (C=O) groups is 1. The third-order valence-electron chi connectivity index (χ3n) is 2.50. The van der Waals surface area contributed by atoms with Gasteiger partial charge < -0.3 is 4.74 Å². The highest BCUT2D eigenvalue weighted by atomic mass is 16.5. The van der Waals surface area contributed by atoms with Gasteiger partial charge in [0, 0.05) is 12.4 Å². The number of hydrogen-bond acceptors (Lipinski definition) is 3. The van der Waals surface area contributed by atoms with Crippen LogP contribution in [0.15, 0.2) is 48.8 Å². The first-order valence-corrected chi connectivity index (χ1v) is 5.36. The van der Waals surface area contributed by atoms with Crippen LogP contribution in [0.4, 0.5) is 0 Å². The van der Waals surface area contributed by atoms with Gasteiger partial charge in [0.1, 0.15) is 0 Å². The number of pyridine rings is 1. The quantitative estimate of drug-likeness (QED) is 0.756. The van der Waals surface area contributed by atoms with E-state index in [0.717, 1.165) is 16.7 Å². The van der Waals surface area contributed by atoms with Crippen LogP contribution in [0.1, 0.15) is 5.56 Å². The predicted molar refractivity (Wildman–Crippen MR) is 65.4 cm³/mol. The fourth-order valence-electron chi connectivity index (χ4n) is 1.63. The Kier molecular flexibility index (Phi) is 3.50. The minimum absolute atomic E-state index is 0.228. The lowest BCUT2D eigenvalue weighted by Gasteiger charge is -2.04. The minimum Gasteiger partial charge on any atom is -0.469 e. The smallest absolute Gasteiger partial charge is 0.309 e. The Bertz CT molecular complexity index is 509. The molecule has 0 aliphatic carbocycles. The molecule has 1 aromatic carbocycles. The highest BCUT2D eigenvalue weighted by Crippen LogP contribution is 2.19. The van der Waals surface area contributed by atoms with Gasteiger partial charge in [0.15, 0.2) is 0 Å². The van der Waals surface area contributed by atoms with Crippen LogP contribution in [0.25, 0.3) is 11.1 Å². The molecule has 3 nitrogen and oxygen atoms in total. The van der Waals surface area contributed by atoms with Crippen molar-refractivity contribution in [1.82, 2.24) is 4.98 Å². The van der Waals surface area contributed by atoms with Crippen LogP contribution in [0.3, 0.4) is 0 Å². The summed E-state index contributed by atoms with van der Waals surface area (Å²) in [6.45, 7) is 0. The molecule has 0 spiro atoms. The van der Waals surface area contributed by atoms with Gasteiger partial charge in [-0.25, -0.2) is 0 Å². The van der Waals surface area contributed by atoms with Gasteiger partial charge in [0.05, 0.1) is 13.5 Å². The van der Waals surface area contributed by atoms with Crippen molar-refractivity contribution in [3.8, 4) is 11.1 Å². The summed E-state index contributed by atoms with van der Waals surface area (Å²) in [5.41, 5.74) is 3.04. The van der Waals surface area contributed by atoms with Crippen LogP contribution >= 0.6 is 0 Å². The molecule has 2 aromatic rings. The van der Waals surface area contributed by atoms with Crippen LogP contribution in [-0.2, 0) is 16.0 Å². The standard InChI is InChI=1S/C14H13NO2/c1-17-14(16)9-11-4-2-5-12(8-11)13-6-3-7-15-10-13/h2-8,10H,9H2,1H3. The fraction of sp³-hybridized carbons (Fsp3) is 0.143. The minimum atomic E-state index is -0.228. The zero-order valence-electron chi connectivity index (χ0n) is 9.59. The lowest BCUT2D eigenvalue weighted by molar-refractivity contribution is -0.139. The summed E-state index contributed by atoms with van der Waals surface area (Å²) in [7, 11) is 1.40. The average Bonchev–Trinajstić information content (AvgIpc) is 2.40. The number of benzene rings is 1. The Hall–Kier alpha value is -2.16. The molecule has 1 heterocycles. The number of carbonyl (C=O) groups excluding carboxylic acids is 1. The number of methoxy groups -OCH3 is 1. The average molecular weight is 227 g/mol. The van der Waals surface area contributed by atoms with Crippen molar-refractivity contribution in [3.63, 3.8) is 0 Å². The first-order chi connectivity index (χ1) is 8.29. The molecule has 0 radical (unpaired) electrons. The number of hydrogen-bond donors (Lipinski definition) is 0. The van der Waals surface area contributed by atoms with E-state index < -0.39 is 0 Å². The molecule has 17 heavy (non-hydrogen) atoms. The lowest BCUT2D eigenvalue weighted by atomic mass is 10.0. The third-order valence-corrected chi connectivity index (χ3v) is 2.50. The molecule has 0 bridgehead atoms. The van der Waals surface area contributed by atoms with Crippen molar-refractivity contribution in [3.05, 3.63) is 54.4 Å². The van der Waals surface area contributed by atoms with E-state index in [1.165, 1.54) is 7.11 Å². The van der Waals surface area contributed by atoms with Gasteiger partial charge in [-0.2, -0.15) is 0 Å². The Balaban J connectivity index is 2.26. The summed E-state index contributed by atoms with van der Waals surface area (Å²) in [6.07, 6.45) is 3.84. The normalized spacial score (nSPS) is 9.94. The number of ether oxygens (including phenoxy) is 1. The van der Waals surface area contributed by atoms with Crippen LogP contribution in [-0.4, -0.2) is 18.1 Å². The highest BCUT2D eigenvalue weighted by Gasteiger charge is 2.04. The van der Waals surface area contributed by atoms with E-state index in [9.17, 15) is 4.79 Å². The van der Waals surface area contributed by atoms with Gasteiger partial charge in [0.2, 0.25) is 0 Å². The van der Waals surface area contributed by atoms with Gasteiger partial charge >= 0.3 is 5.97 Å². The lowest BCUT2D eigenvalue weighted by Crippen LogP contribution is -2.04. The molecule has 0 atom stereocenters. The maximum atomic E-state index is 11.2. The highest BCUT2D eigenvalue weighted by molar-refractivity contribution is 5.73. The number of esters is 1. The molecule has 0 N–H and O–H groups in total. The van der Waals surface area contributed by atoms with Gasteiger partial charge in [-0.1, -0.05) is 30.3 Å². The van der Waals surface area contributed by atoms with E-state index in [2.05, 4.69) is 9.72 Å². The molecule has 0 amide bonds. The monoisotopic (exact) mass is 227 g/mol. The number of rotatable bonds is 3. The Labute approximate surface area is 100 Å². The zero-order valence-corrected chi connectivity index (χ0v) is 9.59. The molecular formula is C14H13NO2. The van der Waals surface area contributed by atoms with E-state index in [0.29, 0.717) is 6.42 Å². The molecule has 0 fully saturated rings. The van der Waals surface area contributed by atoms with Crippen LogP contribution in [0.2, 0.25) is 0 Å². The molecule has 86 valence electrons. The summed E-state index contributed by atoms with van der Waals surface area (Å²) in [4.78, 5) is 15.3. The van der Waals surface area contributed by atoms with Gasteiger partial charge in [-0.15, -0.1) is 0 Å². The van der Waals surface area contributed by atoms with E-state index in [-0.39, 0.29) is 5.97 Å². The largest absolute Gasteiger partial charge is 0.469 e. The molecule has 0 aliphatic rings. The van der Waals surface area contributed by atoms with Crippen molar-refractivity contribution >= 4 is 5.97 Å². The van der Waals surface area contributed by atoms with E-state index in [1.54, 1.807) is 12.4 Å². The van der Waals surface area contributed by atoms with Crippen LogP contribution < -0.4 is 0 Å². The second-order valence-electron chi connectivity index (χ2n) is 3.69. The van der Waals surface area contributed by atoms with E-state index >= 15 is 0 Å². The fourth-order valence-corrected chi connectivity index (χ4v) is 1.63. The van der Waals surface area contributed by atoms with Gasteiger partial charge in [-0.05, 0) is 22.8 Å². The summed E-state index contributed by atoms with van der Waals surface area (Å²) in [6, 6.07) is 11.7. The van der Waals surface area contributed by atoms with Crippen molar-refractivity contribution in [2.24, 2.45) is 0 Å². The van der Waals surface area contributed by atoms with Crippen LogP contribution in [0, 0.1) is 0 Å². The Morgan fingerprint density at radius 2 is 2.06 bits per heavy atom. The second kappa shape index (κ2) is 5.25. The predicted octanol–water partition coefficient (Wildman–Crippen LogP) is 2.46. The summed E-state index contributed by atoms with van der Waals surface area (Å²) in [5, 5.41) is 0. The maximum absolute atomic E-state index is 11.2. The third kappa shape index (κ3) is 2.91. The zero-order chi connectivity index (χ0) is 12.1. The SMILES string of the molecule is COC(=O)Cc1cccc(-c2cccnc2)c1. The molecule has 2 rings (SSSR count). The first kappa shape index (κ1) is 11.3. The number of nitrogens with zero attached hydrogens (tertiary/aromatic N) is 1. The molecule has 0 saturated heterocycles. The molecule has 0 saturated carbocycles. The molecule has 3 heteroatoms. The second-order valence-corrected chi connectivity index (χ2v) is 3.69. The first-order valence-electron chi connectivity index (χ1n) is 5.36.